The number of anilines is 1. The van der Waals surface area contributed by atoms with Crippen molar-refractivity contribution < 1.29 is 4.79 Å². The Morgan fingerprint density at radius 1 is 1.38 bits per heavy atom. The molecule has 1 aliphatic heterocycles. The van der Waals surface area contributed by atoms with Gasteiger partial charge < -0.3 is 9.80 Å². The van der Waals surface area contributed by atoms with Crippen LogP contribution in [0, 0.1) is 0 Å². The lowest BCUT2D eigenvalue weighted by Gasteiger charge is -2.20. The van der Waals surface area contributed by atoms with E-state index in [1.165, 1.54) is 0 Å². The van der Waals surface area contributed by atoms with Crippen molar-refractivity contribution in [2.75, 3.05) is 31.6 Å². The zero-order valence-electron chi connectivity index (χ0n) is 9.19. The minimum atomic E-state index is 0.134. The number of hydrogen-bond acceptors (Lipinski definition) is 3. The van der Waals surface area contributed by atoms with Gasteiger partial charge in [0.2, 0.25) is 5.91 Å². The molecule has 0 aromatic carbocycles. The van der Waals surface area contributed by atoms with Gasteiger partial charge in [0.25, 0.3) is 0 Å². The van der Waals surface area contributed by atoms with Gasteiger partial charge in [-0.15, -0.1) is 0 Å². The molecular weight excluding hydrogens is 226 g/mol. The minimum Gasteiger partial charge on any atom is -0.347 e. The summed E-state index contributed by atoms with van der Waals surface area (Å²) in [6, 6.07) is 3.64. The molecule has 1 saturated heterocycles. The lowest BCUT2D eigenvalue weighted by atomic mass is 10.3. The van der Waals surface area contributed by atoms with E-state index in [1.807, 2.05) is 18.0 Å². The van der Waals surface area contributed by atoms with Gasteiger partial charge in [-0.25, -0.2) is 4.98 Å². The highest BCUT2D eigenvalue weighted by Crippen LogP contribution is 2.16. The molecule has 1 amide bonds. The van der Waals surface area contributed by atoms with E-state index < -0.39 is 0 Å². The smallest absolute Gasteiger partial charge is 0.241 e. The Labute approximate surface area is 99.8 Å². The van der Waals surface area contributed by atoms with Crippen LogP contribution in [0.3, 0.4) is 0 Å². The van der Waals surface area contributed by atoms with E-state index in [2.05, 4.69) is 4.98 Å². The molecule has 16 heavy (non-hydrogen) atoms. The second-order valence-corrected chi connectivity index (χ2v) is 4.36. The van der Waals surface area contributed by atoms with Gasteiger partial charge >= 0.3 is 0 Å². The van der Waals surface area contributed by atoms with Crippen LogP contribution in [0.15, 0.2) is 18.3 Å². The standard InChI is InChI=1S/C11H14ClN3O/c1-14-5-2-6-15(8-11(14)16)10-4-3-9(12)7-13-10/h3-4,7H,2,5-6,8H2,1H3. The summed E-state index contributed by atoms with van der Waals surface area (Å²) in [5, 5.41) is 0.613. The molecule has 0 radical (unpaired) electrons. The number of amides is 1. The fraction of sp³-hybridized carbons (Fsp3) is 0.455. The number of likely N-dealkylation sites (N-methyl/N-ethyl adjacent to an activating group) is 1. The Balaban J connectivity index is 2.14. The van der Waals surface area contributed by atoms with Crippen LogP contribution in [-0.2, 0) is 4.79 Å². The number of carbonyl (C=O) groups is 1. The summed E-state index contributed by atoms with van der Waals surface area (Å²) in [6.07, 6.45) is 2.57. The van der Waals surface area contributed by atoms with Crippen molar-refractivity contribution in [3.05, 3.63) is 23.4 Å². The molecule has 1 fully saturated rings. The number of nitrogens with zero attached hydrogens (tertiary/aromatic N) is 3. The Morgan fingerprint density at radius 2 is 2.19 bits per heavy atom. The Hall–Kier alpha value is -1.29. The van der Waals surface area contributed by atoms with Crippen molar-refractivity contribution in [1.82, 2.24) is 9.88 Å². The molecule has 2 heterocycles. The largest absolute Gasteiger partial charge is 0.347 e. The lowest BCUT2D eigenvalue weighted by molar-refractivity contribution is -0.127. The second kappa shape index (κ2) is 4.70. The van der Waals surface area contributed by atoms with E-state index >= 15 is 0 Å². The van der Waals surface area contributed by atoms with Crippen LogP contribution in [0.5, 0.6) is 0 Å². The second-order valence-electron chi connectivity index (χ2n) is 3.93. The first-order valence-corrected chi connectivity index (χ1v) is 5.65. The van der Waals surface area contributed by atoms with Crippen molar-refractivity contribution in [3.63, 3.8) is 0 Å². The average Bonchev–Trinajstić information content (AvgIpc) is 2.43. The fourth-order valence-corrected chi connectivity index (χ4v) is 1.85. The van der Waals surface area contributed by atoms with Gasteiger partial charge in [-0.05, 0) is 18.6 Å². The zero-order valence-corrected chi connectivity index (χ0v) is 9.94. The SMILES string of the molecule is CN1CCCN(c2ccc(Cl)cn2)CC1=O. The molecule has 5 heteroatoms. The molecule has 2 rings (SSSR count). The van der Waals surface area contributed by atoms with Gasteiger partial charge in [-0.3, -0.25) is 4.79 Å². The molecule has 0 bridgehead atoms. The molecular formula is C11H14ClN3O. The quantitative estimate of drug-likeness (QED) is 0.744. The van der Waals surface area contributed by atoms with Crippen LogP contribution < -0.4 is 4.90 Å². The zero-order chi connectivity index (χ0) is 11.5. The van der Waals surface area contributed by atoms with Crippen LogP contribution in [0.2, 0.25) is 5.02 Å². The third-order valence-electron chi connectivity index (χ3n) is 2.71. The molecule has 1 aromatic heterocycles. The van der Waals surface area contributed by atoms with Crippen molar-refractivity contribution in [1.29, 1.82) is 0 Å². The monoisotopic (exact) mass is 239 g/mol. The summed E-state index contributed by atoms with van der Waals surface area (Å²) < 4.78 is 0. The van der Waals surface area contributed by atoms with Crippen molar-refractivity contribution in [3.8, 4) is 0 Å². The Morgan fingerprint density at radius 3 is 2.88 bits per heavy atom. The van der Waals surface area contributed by atoms with E-state index in [0.717, 1.165) is 25.3 Å². The van der Waals surface area contributed by atoms with Gasteiger partial charge in [0.1, 0.15) is 5.82 Å². The molecule has 0 spiro atoms. The van der Waals surface area contributed by atoms with E-state index in [9.17, 15) is 4.79 Å². The summed E-state index contributed by atoms with van der Waals surface area (Å²) in [5.74, 6) is 0.947. The van der Waals surface area contributed by atoms with Crippen LogP contribution in [-0.4, -0.2) is 42.5 Å². The maximum Gasteiger partial charge on any atom is 0.241 e. The van der Waals surface area contributed by atoms with Crippen LogP contribution in [0.4, 0.5) is 5.82 Å². The normalized spacial score (nSPS) is 17.5. The third kappa shape index (κ3) is 2.44. The molecule has 1 aliphatic rings. The number of rotatable bonds is 1. The topological polar surface area (TPSA) is 36.4 Å². The third-order valence-corrected chi connectivity index (χ3v) is 2.93. The maximum absolute atomic E-state index is 11.7. The molecule has 0 aliphatic carbocycles. The van der Waals surface area contributed by atoms with Crippen molar-refractivity contribution in [2.45, 2.75) is 6.42 Å². The van der Waals surface area contributed by atoms with E-state index in [-0.39, 0.29) is 5.91 Å². The molecule has 0 saturated carbocycles. The summed E-state index contributed by atoms with van der Waals surface area (Å²) in [4.78, 5) is 19.7. The van der Waals surface area contributed by atoms with Gasteiger partial charge in [0.15, 0.2) is 0 Å². The van der Waals surface area contributed by atoms with E-state index in [0.29, 0.717) is 11.6 Å². The Kier molecular flexibility index (Phi) is 3.29. The highest BCUT2D eigenvalue weighted by Gasteiger charge is 2.19. The number of carbonyl (C=O) groups excluding carboxylic acids is 1. The van der Waals surface area contributed by atoms with Crippen LogP contribution >= 0.6 is 11.6 Å². The van der Waals surface area contributed by atoms with Gasteiger partial charge in [0, 0.05) is 26.3 Å². The van der Waals surface area contributed by atoms with Crippen LogP contribution in [0.25, 0.3) is 0 Å². The van der Waals surface area contributed by atoms with E-state index in [1.54, 1.807) is 17.2 Å². The maximum atomic E-state index is 11.7. The summed E-state index contributed by atoms with van der Waals surface area (Å²) >= 11 is 5.78. The minimum absolute atomic E-state index is 0.134. The molecule has 0 atom stereocenters. The van der Waals surface area contributed by atoms with Gasteiger partial charge in [-0.2, -0.15) is 0 Å². The number of hydrogen-bond donors (Lipinski definition) is 0. The fourth-order valence-electron chi connectivity index (χ4n) is 1.74. The predicted octanol–water partition coefficient (Wildman–Crippen LogP) is 1.40. The van der Waals surface area contributed by atoms with Crippen LogP contribution in [0.1, 0.15) is 6.42 Å². The average molecular weight is 240 g/mol. The summed E-state index contributed by atoms with van der Waals surface area (Å²) in [6.45, 7) is 2.05. The number of halogens is 1. The van der Waals surface area contributed by atoms with Gasteiger partial charge in [-0.1, -0.05) is 11.6 Å². The molecule has 0 unspecified atom stereocenters. The number of pyridine rings is 1. The predicted molar refractivity (Wildman–Crippen MR) is 63.7 cm³/mol. The highest BCUT2D eigenvalue weighted by atomic mass is 35.5. The summed E-state index contributed by atoms with van der Waals surface area (Å²) in [5.41, 5.74) is 0. The van der Waals surface area contributed by atoms with Gasteiger partial charge in [0.05, 0.1) is 11.6 Å². The molecule has 86 valence electrons. The van der Waals surface area contributed by atoms with E-state index in [4.69, 9.17) is 11.6 Å². The summed E-state index contributed by atoms with van der Waals surface area (Å²) in [7, 11) is 1.83. The highest BCUT2D eigenvalue weighted by molar-refractivity contribution is 6.30. The van der Waals surface area contributed by atoms with Crippen molar-refractivity contribution >= 4 is 23.3 Å². The first-order chi connectivity index (χ1) is 7.66. The first-order valence-electron chi connectivity index (χ1n) is 5.27. The molecule has 1 aromatic rings. The lowest BCUT2D eigenvalue weighted by Crippen LogP contribution is -2.34. The number of aromatic nitrogens is 1. The van der Waals surface area contributed by atoms with Crippen molar-refractivity contribution in [2.24, 2.45) is 0 Å². The molecule has 4 nitrogen and oxygen atoms in total. The Bertz CT molecular complexity index is 379. The molecule has 0 N–H and O–H groups in total. The first kappa shape index (κ1) is 11.2.